The zero-order valence-electron chi connectivity index (χ0n) is 8.38. The lowest BCUT2D eigenvalue weighted by molar-refractivity contribution is 0.106. The first kappa shape index (κ1) is 10.3. The van der Waals surface area contributed by atoms with E-state index in [4.69, 9.17) is 0 Å². The Bertz CT molecular complexity index is 165. The van der Waals surface area contributed by atoms with Gasteiger partial charge in [0, 0.05) is 13.1 Å². The smallest absolute Gasteiger partial charge is 0.409 e. The van der Waals surface area contributed by atoms with E-state index >= 15 is 0 Å². The lowest BCUT2D eigenvalue weighted by Crippen LogP contribution is -2.40. The van der Waals surface area contributed by atoms with E-state index < -0.39 is 0 Å². The second-order valence-electron chi connectivity index (χ2n) is 3.46. The van der Waals surface area contributed by atoms with Crippen LogP contribution in [0.1, 0.15) is 12.8 Å². The highest BCUT2D eigenvalue weighted by Gasteiger charge is 2.22. The Labute approximate surface area is 79.2 Å². The van der Waals surface area contributed by atoms with Crippen molar-refractivity contribution in [1.29, 1.82) is 0 Å². The number of rotatable bonds is 2. The van der Waals surface area contributed by atoms with Gasteiger partial charge in [0.05, 0.1) is 7.11 Å². The third-order valence-electron chi connectivity index (χ3n) is 2.54. The quantitative estimate of drug-likeness (QED) is 0.689. The molecule has 0 spiro atoms. The summed E-state index contributed by atoms with van der Waals surface area (Å²) in [5.41, 5.74) is 0. The Kier molecular flexibility index (Phi) is 4.02. The standard InChI is InChI=1S/C9H18N2O2/c1-10-7-8-3-5-11(6-4-8)9(12)13-2/h8,10H,3-7H2,1-2H3. The van der Waals surface area contributed by atoms with E-state index in [1.54, 1.807) is 4.90 Å². The number of piperidine rings is 1. The summed E-state index contributed by atoms with van der Waals surface area (Å²) in [5.74, 6) is 0.714. The molecule has 0 bridgehead atoms. The maximum absolute atomic E-state index is 11.1. The summed E-state index contributed by atoms with van der Waals surface area (Å²) in [6, 6.07) is 0. The number of hydrogen-bond donors (Lipinski definition) is 1. The lowest BCUT2D eigenvalue weighted by Gasteiger charge is -2.30. The average Bonchev–Trinajstić information content (AvgIpc) is 2.18. The van der Waals surface area contributed by atoms with Crippen molar-refractivity contribution in [3.8, 4) is 0 Å². The molecule has 0 aromatic rings. The normalized spacial score (nSPS) is 18.8. The summed E-state index contributed by atoms with van der Waals surface area (Å²) < 4.78 is 4.66. The molecule has 1 saturated heterocycles. The molecule has 1 amide bonds. The highest BCUT2D eigenvalue weighted by Crippen LogP contribution is 2.16. The van der Waals surface area contributed by atoms with E-state index in [9.17, 15) is 4.79 Å². The molecule has 4 heteroatoms. The van der Waals surface area contributed by atoms with Crippen molar-refractivity contribution < 1.29 is 9.53 Å². The van der Waals surface area contributed by atoms with E-state index in [1.807, 2.05) is 7.05 Å². The van der Waals surface area contributed by atoms with Gasteiger partial charge in [0.15, 0.2) is 0 Å². The van der Waals surface area contributed by atoms with Gasteiger partial charge in [-0.15, -0.1) is 0 Å². The van der Waals surface area contributed by atoms with Crippen LogP contribution in [0.4, 0.5) is 4.79 Å². The number of nitrogens with one attached hydrogen (secondary N) is 1. The first-order valence-corrected chi connectivity index (χ1v) is 4.75. The Morgan fingerprint density at radius 1 is 1.54 bits per heavy atom. The van der Waals surface area contributed by atoms with Gasteiger partial charge in [-0.05, 0) is 32.4 Å². The summed E-state index contributed by atoms with van der Waals surface area (Å²) in [5, 5.41) is 3.16. The highest BCUT2D eigenvalue weighted by atomic mass is 16.5. The number of nitrogens with zero attached hydrogens (tertiary/aromatic N) is 1. The molecule has 0 aromatic carbocycles. The predicted octanol–water partition coefficient (Wildman–Crippen LogP) is 0.684. The summed E-state index contributed by atoms with van der Waals surface area (Å²) in [6.07, 6.45) is 1.97. The monoisotopic (exact) mass is 186 g/mol. The van der Waals surface area contributed by atoms with Crippen LogP contribution in [0.3, 0.4) is 0 Å². The fraction of sp³-hybridized carbons (Fsp3) is 0.889. The molecule has 4 nitrogen and oxygen atoms in total. The van der Waals surface area contributed by atoms with E-state index in [2.05, 4.69) is 10.1 Å². The van der Waals surface area contributed by atoms with Crippen LogP contribution in [0.15, 0.2) is 0 Å². The average molecular weight is 186 g/mol. The number of amides is 1. The molecule has 1 heterocycles. The fourth-order valence-electron chi connectivity index (χ4n) is 1.74. The van der Waals surface area contributed by atoms with Crippen LogP contribution >= 0.6 is 0 Å². The van der Waals surface area contributed by atoms with Gasteiger partial charge >= 0.3 is 6.09 Å². The molecule has 1 N–H and O–H groups in total. The second-order valence-corrected chi connectivity index (χ2v) is 3.46. The van der Waals surface area contributed by atoms with E-state index in [0.29, 0.717) is 5.92 Å². The van der Waals surface area contributed by atoms with Crippen LogP contribution in [0, 0.1) is 5.92 Å². The topological polar surface area (TPSA) is 41.6 Å². The summed E-state index contributed by atoms with van der Waals surface area (Å²) in [4.78, 5) is 12.9. The van der Waals surface area contributed by atoms with Crippen molar-refractivity contribution in [1.82, 2.24) is 10.2 Å². The molecule has 1 aliphatic heterocycles. The number of carbonyl (C=O) groups excluding carboxylic acids is 1. The number of ether oxygens (including phenoxy) is 1. The molecule has 1 aliphatic rings. The number of carbonyl (C=O) groups is 1. The SMILES string of the molecule is CNCC1CCN(C(=O)OC)CC1. The zero-order chi connectivity index (χ0) is 9.68. The molecule has 0 radical (unpaired) electrons. The third-order valence-corrected chi connectivity index (χ3v) is 2.54. The van der Waals surface area contributed by atoms with Gasteiger partial charge < -0.3 is 15.0 Å². The van der Waals surface area contributed by atoms with Crippen LogP contribution in [0.25, 0.3) is 0 Å². The second kappa shape index (κ2) is 5.07. The van der Waals surface area contributed by atoms with Gasteiger partial charge in [0.1, 0.15) is 0 Å². The zero-order valence-corrected chi connectivity index (χ0v) is 8.38. The van der Waals surface area contributed by atoms with E-state index in [1.165, 1.54) is 7.11 Å². The first-order chi connectivity index (χ1) is 6.27. The van der Waals surface area contributed by atoms with Crippen molar-refractivity contribution in [2.45, 2.75) is 12.8 Å². The maximum Gasteiger partial charge on any atom is 0.409 e. The minimum Gasteiger partial charge on any atom is -0.453 e. The van der Waals surface area contributed by atoms with Gasteiger partial charge in [-0.2, -0.15) is 0 Å². The van der Waals surface area contributed by atoms with Crippen molar-refractivity contribution in [2.24, 2.45) is 5.92 Å². The first-order valence-electron chi connectivity index (χ1n) is 4.75. The highest BCUT2D eigenvalue weighted by molar-refractivity contribution is 5.67. The molecule has 0 saturated carbocycles. The van der Waals surface area contributed by atoms with Gasteiger partial charge in [0.2, 0.25) is 0 Å². The van der Waals surface area contributed by atoms with Gasteiger partial charge in [-0.25, -0.2) is 4.79 Å². The van der Waals surface area contributed by atoms with Crippen LogP contribution in [0.5, 0.6) is 0 Å². The van der Waals surface area contributed by atoms with Crippen molar-refractivity contribution in [3.05, 3.63) is 0 Å². The largest absolute Gasteiger partial charge is 0.453 e. The fourth-order valence-corrected chi connectivity index (χ4v) is 1.74. The van der Waals surface area contributed by atoms with Crippen molar-refractivity contribution >= 4 is 6.09 Å². The molecular formula is C9H18N2O2. The number of hydrogen-bond acceptors (Lipinski definition) is 3. The molecule has 0 atom stereocenters. The predicted molar refractivity (Wildman–Crippen MR) is 50.6 cm³/mol. The van der Waals surface area contributed by atoms with Gasteiger partial charge in [-0.1, -0.05) is 0 Å². The summed E-state index contributed by atoms with van der Waals surface area (Å²) in [7, 11) is 3.40. The third kappa shape index (κ3) is 2.88. The number of likely N-dealkylation sites (tertiary alicyclic amines) is 1. The van der Waals surface area contributed by atoms with Crippen LogP contribution in [-0.4, -0.2) is 44.8 Å². The molecular weight excluding hydrogens is 168 g/mol. The van der Waals surface area contributed by atoms with Crippen molar-refractivity contribution in [2.75, 3.05) is 33.8 Å². The molecule has 1 fully saturated rings. The maximum atomic E-state index is 11.1. The molecule has 76 valence electrons. The Balaban J connectivity index is 2.26. The minimum absolute atomic E-state index is 0.192. The molecule has 13 heavy (non-hydrogen) atoms. The van der Waals surface area contributed by atoms with Gasteiger partial charge in [-0.3, -0.25) is 0 Å². The Morgan fingerprint density at radius 3 is 2.62 bits per heavy atom. The van der Waals surface area contributed by atoms with Crippen LogP contribution in [0.2, 0.25) is 0 Å². The summed E-state index contributed by atoms with van der Waals surface area (Å²) in [6.45, 7) is 2.72. The Hall–Kier alpha value is -0.770. The summed E-state index contributed by atoms with van der Waals surface area (Å²) >= 11 is 0. The molecule has 0 aromatic heterocycles. The number of methoxy groups -OCH3 is 1. The van der Waals surface area contributed by atoms with E-state index in [0.717, 1.165) is 32.5 Å². The Morgan fingerprint density at radius 2 is 2.15 bits per heavy atom. The van der Waals surface area contributed by atoms with E-state index in [-0.39, 0.29) is 6.09 Å². The van der Waals surface area contributed by atoms with Crippen LogP contribution in [-0.2, 0) is 4.74 Å². The van der Waals surface area contributed by atoms with Crippen LogP contribution < -0.4 is 5.32 Å². The minimum atomic E-state index is -0.192. The van der Waals surface area contributed by atoms with Gasteiger partial charge in [0.25, 0.3) is 0 Å². The molecule has 0 aliphatic carbocycles. The molecule has 1 rings (SSSR count). The van der Waals surface area contributed by atoms with Crippen molar-refractivity contribution in [3.63, 3.8) is 0 Å². The molecule has 0 unspecified atom stereocenters. The lowest BCUT2D eigenvalue weighted by atomic mass is 9.97.